The number of carbonyl (C=O) groups excluding carboxylic acids is 3. The van der Waals surface area contributed by atoms with Crippen molar-refractivity contribution in [1.29, 1.82) is 0 Å². The van der Waals surface area contributed by atoms with Gasteiger partial charge in [-0.25, -0.2) is 0 Å². The smallest absolute Gasteiger partial charge is 0.250 e. The number of unbranched alkanes of at least 4 members (excludes halogenated alkanes) is 3. The van der Waals surface area contributed by atoms with E-state index in [-0.39, 0.29) is 24.3 Å². The van der Waals surface area contributed by atoms with Gasteiger partial charge in [0.2, 0.25) is 17.7 Å². The first-order chi connectivity index (χ1) is 17.9. The Morgan fingerprint density at radius 2 is 1.81 bits per heavy atom. The highest BCUT2D eigenvalue weighted by Gasteiger charge is 2.78. The second-order valence-electron chi connectivity index (χ2n) is 10.7. The van der Waals surface area contributed by atoms with Crippen molar-refractivity contribution in [2.75, 3.05) is 25.5 Å². The predicted molar refractivity (Wildman–Crippen MR) is 141 cm³/mol. The molecule has 3 amide bonds. The molecule has 3 saturated heterocycles. The molecule has 3 aliphatic rings. The van der Waals surface area contributed by atoms with Crippen molar-refractivity contribution < 1.29 is 24.2 Å². The summed E-state index contributed by atoms with van der Waals surface area (Å²) in [5.41, 5.74) is -1.08. The van der Waals surface area contributed by atoms with E-state index in [9.17, 15) is 14.4 Å². The minimum absolute atomic E-state index is 0.144. The van der Waals surface area contributed by atoms with E-state index in [0.717, 1.165) is 30.0 Å². The fraction of sp³-hybridized carbons (Fsp3) is 0.552. The first-order valence-electron chi connectivity index (χ1n) is 13.5. The molecule has 37 heavy (non-hydrogen) atoms. The van der Waals surface area contributed by atoms with Crippen LogP contribution < -0.4 is 10.6 Å². The lowest BCUT2D eigenvalue weighted by atomic mass is 9.65. The third kappa shape index (κ3) is 4.10. The zero-order valence-corrected chi connectivity index (χ0v) is 21.7. The SMILES string of the molecule is CC[C@]12CCC3(O1)C(C(=O)Nc1ccc4ccccc4c1)N(CCCCCCO)C(=O)[C@@H]3[C@H]2C(=O)NC. The van der Waals surface area contributed by atoms with Crippen LogP contribution in [0.25, 0.3) is 10.8 Å². The number of aliphatic hydroxyl groups excluding tert-OH is 1. The van der Waals surface area contributed by atoms with Gasteiger partial charge in [-0.3, -0.25) is 14.4 Å². The zero-order valence-electron chi connectivity index (χ0n) is 21.7. The largest absolute Gasteiger partial charge is 0.396 e. The normalized spacial score (nSPS) is 30.1. The van der Waals surface area contributed by atoms with Crippen LogP contribution in [0.3, 0.4) is 0 Å². The number of amides is 3. The van der Waals surface area contributed by atoms with Gasteiger partial charge >= 0.3 is 0 Å². The second-order valence-corrected chi connectivity index (χ2v) is 10.7. The molecule has 8 heteroatoms. The van der Waals surface area contributed by atoms with E-state index in [1.54, 1.807) is 11.9 Å². The Balaban J connectivity index is 1.47. The third-order valence-electron chi connectivity index (χ3n) is 8.78. The summed E-state index contributed by atoms with van der Waals surface area (Å²) < 4.78 is 6.73. The average molecular weight is 508 g/mol. The van der Waals surface area contributed by atoms with E-state index in [4.69, 9.17) is 9.84 Å². The Morgan fingerprint density at radius 3 is 2.54 bits per heavy atom. The summed E-state index contributed by atoms with van der Waals surface area (Å²) in [6, 6.07) is 12.9. The molecule has 0 radical (unpaired) electrons. The van der Waals surface area contributed by atoms with Crippen molar-refractivity contribution in [3.63, 3.8) is 0 Å². The summed E-state index contributed by atoms with van der Waals surface area (Å²) in [6.45, 7) is 2.55. The van der Waals surface area contributed by atoms with Crippen molar-refractivity contribution in [2.45, 2.75) is 69.1 Å². The number of fused-ring (bicyclic) bond motifs is 2. The fourth-order valence-electron chi connectivity index (χ4n) is 7.04. The summed E-state index contributed by atoms with van der Waals surface area (Å²) in [4.78, 5) is 42.7. The third-order valence-corrected chi connectivity index (χ3v) is 8.78. The van der Waals surface area contributed by atoms with Crippen LogP contribution in [0.2, 0.25) is 0 Å². The maximum absolute atomic E-state index is 14.0. The van der Waals surface area contributed by atoms with E-state index >= 15 is 0 Å². The number of hydrogen-bond acceptors (Lipinski definition) is 5. The Labute approximate surface area is 217 Å². The van der Waals surface area contributed by atoms with Gasteiger partial charge in [0.1, 0.15) is 11.6 Å². The molecule has 0 aliphatic carbocycles. The van der Waals surface area contributed by atoms with Crippen molar-refractivity contribution in [2.24, 2.45) is 11.8 Å². The molecule has 2 bridgehead atoms. The molecule has 0 aromatic heterocycles. The molecule has 0 saturated carbocycles. The molecule has 1 spiro atoms. The summed E-state index contributed by atoms with van der Waals surface area (Å²) in [5, 5.41) is 17.0. The Hall–Kier alpha value is -2.97. The topological polar surface area (TPSA) is 108 Å². The fourth-order valence-corrected chi connectivity index (χ4v) is 7.04. The maximum atomic E-state index is 14.0. The van der Waals surface area contributed by atoms with E-state index in [0.29, 0.717) is 37.9 Å². The van der Waals surface area contributed by atoms with Gasteiger partial charge in [-0.15, -0.1) is 0 Å². The number of hydrogen-bond donors (Lipinski definition) is 3. The lowest BCUT2D eigenvalue weighted by Crippen LogP contribution is -2.53. The number of anilines is 1. The molecule has 3 aliphatic heterocycles. The molecule has 2 aromatic carbocycles. The molecule has 8 nitrogen and oxygen atoms in total. The van der Waals surface area contributed by atoms with Crippen molar-refractivity contribution in [3.8, 4) is 0 Å². The van der Waals surface area contributed by atoms with Gasteiger partial charge in [0.25, 0.3) is 0 Å². The maximum Gasteiger partial charge on any atom is 0.250 e. The van der Waals surface area contributed by atoms with Gasteiger partial charge in [-0.05, 0) is 55.0 Å². The van der Waals surface area contributed by atoms with Gasteiger partial charge in [-0.2, -0.15) is 0 Å². The lowest BCUT2D eigenvalue weighted by Gasteiger charge is -2.33. The summed E-state index contributed by atoms with van der Waals surface area (Å²) in [7, 11) is 1.59. The Morgan fingerprint density at radius 1 is 1.05 bits per heavy atom. The summed E-state index contributed by atoms with van der Waals surface area (Å²) in [6.07, 6.45) is 4.97. The number of aliphatic hydroxyl groups is 1. The van der Waals surface area contributed by atoms with Crippen LogP contribution in [-0.4, -0.2) is 65.2 Å². The van der Waals surface area contributed by atoms with Crippen LogP contribution in [0.15, 0.2) is 42.5 Å². The Bertz CT molecular complexity index is 1200. The van der Waals surface area contributed by atoms with Crippen molar-refractivity contribution in [3.05, 3.63) is 42.5 Å². The molecule has 3 fully saturated rings. The highest BCUT2D eigenvalue weighted by molar-refractivity contribution is 6.04. The number of nitrogens with one attached hydrogen (secondary N) is 2. The molecular weight excluding hydrogens is 470 g/mol. The number of rotatable bonds is 10. The zero-order chi connectivity index (χ0) is 26.2. The average Bonchev–Trinajstić information content (AvgIpc) is 3.51. The van der Waals surface area contributed by atoms with Crippen LogP contribution in [0, 0.1) is 11.8 Å². The van der Waals surface area contributed by atoms with Crippen LogP contribution in [0.5, 0.6) is 0 Å². The molecule has 3 N–H and O–H groups in total. The first-order valence-corrected chi connectivity index (χ1v) is 13.5. The molecule has 3 heterocycles. The van der Waals surface area contributed by atoms with E-state index in [1.165, 1.54) is 0 Å². The quantitative estimate of drug-likeness (QED) is 0.428. The van der Waals surface area contributed by atoms with Gasteiger partial charge < -0.3 is 25.4 Å². The molecular formula is C29H37N3O5. The van der Waals surface area contributed by atoms with E-state index in [2.05, 4.69) is 10.6 Å². The second kappa shape index (κ2) is 10.1. The van der Waals surface area contributed by atoms with Crippen LogP contribution in [0.4, 0.5) is 5.69 Å². The van der Waals surface area contributed by atoms with Gasteiger partial charge in [0.05, 0.1) is 17.4 Å². The standard InChI is InChI=1S/C29H37N3O5/c1-3-28-14-15-29(37-28)23(22(28)25(34)30-2)27(36)32(16-8-4-5-9-17-33)24(29)26(35)31-21-13-12-19-10-6-7-11-20(19)18-21/h6-7,10-13,18,22-24,33H,3-5,8-9,14-17H2,1-2H3,(H,30,34)(H,31,35)/t22-,23-,24?,28+,29?/m0/s1. The van der Waals surface area contributed by atoms with Gasteiger partial charge in [-0.1, -0.05) is 50.1 Å². The Kier molecular flexibility index (Phi) is 6.98. The lowest BCUT2D eigenvalue weighted by molar-refractivity contribution is -0.145. The number of carbonyl (C=O) groups is 3. The first kappa shape index (κ1) is 25.7. The summed E-state index contributed by atoms with van der Waals surface area (Å²) >= 11 is 0. The van der Waals surface area contributed by atoms with E-state index < -0.39 is 29.1 Å². The van der Waals surface area contributed by atoms with Crippen molar-refractivity contribution in [1.82, 2.24) is 10.2 Å². The number of nitrogens with zero attached hydrogens (tertiary/aromatic N) is 1. The highest BCUT2D eigenvalue weighted by Crippen LogP contribution is 2.64. The number of benzene rings is 2. The predicted octanol–water partition coefficient (Wildman–Crippen LogP) is 3.23. The molecule has 5 rings (SSSR count). The van der Waals surface area contributed by atoms with Gasteiger partial charge in [0.15, 0.2) is 0 Å². The van der Waals surface area contributed by atoms with Gasteiger partial charge in [0, 0.05) is 25.9 Å². The molecule has 5 atom stereocenters. The minimum atomic E-state index is -1.02. The molecule has 198 valence electrons. The number of likely N-dealkylation sites (tertiary alicyclic amines) is 1. The summed E-state index contributed by atoms with van der Waals surface area (Å²) in [5.74, 6) is -1.92. The minimum Gasteiger partial charge on any atom is -0.396 e. The molecule has 2 unspecified atom stereocenters. The van der Waals surface area contributed by atoms with Crippen LogP contribution in [0.1, 0.15) is 51.9 Å². The monoisotopic (exact) mass is 507 g/mol. The van der Waals surface area contributed by atoms with Crippen molar-refractivity contribution >= 4 is 34.2 Å². The molecule has 2 aromatic rings. The van der Waals surface area contributed by atoms with E-state index in [1.807, 2.05) is 49.4 Å². The van der Waals surface area contributed by atoms with Crippen LogP contribution in [-0.2, 0) is 19.1 Å². The van der Waals surface area contributed by atoms with Crippen LogP contribution >= 0.6 is 0 Å². The highest BCUT2D eigenvalue weighted by atomic mass is 16.5. The number of ether oxygens (including phenoxy) is 1.